The van der Waals surface area contributed by atoms with E-state index < -0.39 is 11.9 Å². The third-order valence-corrected chi connectivity index (χ3v) is 5.31. The molecule has 0 saturated heterocycles. The Morgan fingerprint density at radius 3 is 2.72 bits per heavy atom. The van der Waals surface area contributed by atoms with Crippen LogP contribution in [0.15, 0.2) is 11.4 Å². The molecule has 131 valence electrons. The first kappa shape index (κ1) is 20.7. The fourth-order valence-corrected chi connectivity index (χ4v) is 3.88. The van der Waals surface area contributed by atoms with Gasteiger partial charge in [0, 0.05) is 48.3 Å². The predicted molar refractivity (Wildman–Crippen MR) is 98.2 cm³/mol. The zero-order valence-corrected chi connectivity index (χ0v) is 18.0. The molecule has 0 bridgehead atoms. The molecular formula is C17H23N3NaO3S. The van der Waals surface area contributed by atoms with E-state index in [4.69, 9.17) is 4.74 Å². The van der Waals surface area contributed by atoms with Gasteiger partial charge in [0.15, 0.2) is 10.9 Å². The average molecular weight is 372 g/mol. The molecule has 1 aromatic heterocycles. The van der Waals surface area contributed by atoms with E-state index in [0.29, 0.717) is 29.1 Å². The molecule has 0 spiro atoms. The van der Waals surface area contributed by atoms with Gasteiger partial charge in [0.2, 0.25) is 0 Å². The minimum Gasteiger partial charge on any atom is -0.465 e. The molecule has 3 rings (SSSR count). The number of hydrogen-bond donors (Lipinski definition) is 0. The normalized spacial score (nSPS) is 20.6. The topological polar surface area (TPSA) is 72.4 Å². The molecule has 1 fully saturated rings. The van der Waals surface area contributed by atoms with Crippen LogP contribution in [0.5, 0.6) is 0 Å². The van der Waals surface area contributed by atoms with Crippen LogP contribution >= 0.6 is 11.8 Å². The number of carbonyl (C=O) groups is 2. The molecule has 1 aliphatic heterocycles. The molecule has 2 aliphatic rings. The summed E-state index contributed by atoms with van der Waals surface area (Å²) in [6.07, 6.45) is 9.22. The molecule has 2 heterocycles. The summed E-state index contributed by atoms with van der Waals surface area (Å²) in [5, 5.41) is 0.650. The Labute approximate surface area is 174 Å². The van der Waals surface area contributed by atoms with Crippen LogP contribution in [0.2, 0.25) is 0 Å². The first-order chi connectivity index (χ1) is 11.7. The molecule has 1 aliphatic carbocycles. The van der Waals surface area contributed by atoms with Crippen LogP contribution in [0.25, 0.3) is 0 Å². The van der Waals surface area contributed by atoms with Crippen molar-refractivity contribution in [2.45, 2.75) is 50.2 Å². The van der Waals surface area contributed by atoms with Crippen molar-refractivity contribution in [2.75, 3.05) is 24.3 Å². The summed E-state index contributed by atoms with van der Waals surface area (Å²) < 4.78 is 5.12. The number of nitrogens with zero attached hydrogens (tertiary/aromatic N) is 3. The van der Waals surface area contributed by atoms with Crippen molar-refractivity contribution in [2.24, 2.45) is 5.92 Å². The van der Waals surface area contributed by atoms with E-state index in [1.807, 2.05) is 6.26 Å². The number of hydrogen-bond acceptors (Lipinski definition) is 7. The molecule has 25 heavy (non-hydrogen) atoms. The first-order valence-electron chi connectivity index (χ1n) is 8.54. The number of aromatic nitrogens is 2. The van der Waals surface area contributed by atoms with Crippen LogP contribution in [-0.4, -0.2) is 76.7 Å². The zero-order valence-electron chi connectivity index (χ0n) is 15.2. The van der Waals surface area contributed by atoms with E-state index in [1.165, 1.54) is 31.0 Å². The molecule has 0 aromatic carbocycles. The Morgan fingerprint density at radius 1 is 1.36 bits per heavy atom. The Balaban J connectivity index is 0.00000225. The van der Waals surface area contributed by atoms with Gasteiger partial charge in [-0.1, -0.05) is 31.0 Å². The summed E-state index contributed by atoms with van der Waals surface area (Å²) in [5.74, 6) is -0.749. The summed E-state index contributed by atoms with van der Waals surface area (Å²) in [6.45, 7) is 2.40. The smallest absolute Gasteiger partial charge is 0.318 e. The second kappa shape index (κ2) is 9.35. The van der Waals surface area contributed by atoms with Gasteiger partial charge in [-0.05, 0) is 26.0 Å². The summed E-state index contributed by atoms with van der Waals surface area (Å²) in [5.41, 5.74) is 0.447. The number of anilines is 1. The third-order valence-electron chi connectivity index (χ3n) is 4.75. The van der Waals surface area contributed by atoms with E-state index in [2.05, 4.69) is 14.9 Å². The van der Waals surface area contributed by atoms with Gasteiger partial charge in [-0.3, -0.25) is 9.59 Å². The van der Waals surface area contributed by atoms with Crippen molar-refractivity contribution in [3.63, 3.8) is 0 Å². The molecule has 8 heteroatoms. The van der Waals surface area contributed by atoms with Crippen LogP contribution in [0, 0.1) is 5.92 Å². The van der Waals surface area contributed by atoms with Crippen molar-refractivity contribution >= 4 is 58.9 Å². The van der Waals surface area contributed by atoms with Crippen LogP contribution in [0.1, 0.15) is 49.4 Å². The molecule has 1 atom stereocenters. The number of Topliss-reactive ketones (excluding diaryl/α,β-unsaturated/α-hetero) is 1. The Bertz CT molecular complexity index is 638. The number of fused-ring (bicyclic) bond motifs is 1. The molecule has 1 unspecified atom stereocenters. The number of ether oxygens (including phenoxy) is 1. The van der Waals surface area contributed by atoms with E-state index in [1.54, 1.807) is 13.1 Å². The monoisotopic (exact) mass is 372 g/mol. The van der Waals surface area contributed by atoms with Gasteiger partial charge in [0.1, 0.15) is 11.7 Å². The van der Waals surface area contributed by atoms with E-state index in [-0.39, 0.29) is 41.9 Å². The second-order valence-electron chi connectivity index (χ2n) is 6.21. The number of esters is 1. The zero-order chi connectivity index (χ0) is 17.1. The minimum absolute atomic E-state index is 0. The number of thioether (sulfide) groups is 1. The maximum atomic E-state index is 12.7. The second-order valence-corrected chi connectivity index (χ2v) is 6.98. The molecule has 0 amide bonds. The largest absolute Gasteiger partial charge is 0.465 e. The van der Waals surface area contributed by atoms with Crippen molar-refractivity contribution in [3.8, 4) is 0 Å². The van der Waals surface area contributed by atoms with Crippen LogP contribution in [0.3, 0.4) is 0 Å². The quantitative estimate of drug-likeness (QED) is 0.264. The molecular weight excluding hydrogens is 349 g/mol. The van der Waals surface area contributed by atoms with E-state index in [0.717, 1.165) is 12.8 Å². The molecule has 6 nitrogen and oxygen atoms in total. The van der Waals surface area contributed by atoms with Gasteiger partial charge in [-0.25, -0.2) is 9.97 Å². The van der Waals surface area contributed by atoms with Crippen LogP contribution < -0.4 is 4.90 Å². The van der Waals surface area contributed by atoms with Crippen molar-refractivity contribution in [1.29, 1.82) is 0 Å². The molecule has 1 radical (unpaired) electrons. The maximum absolute atomic E-state index is 12.7. The Hall–Kier alpha value is -0.630. The number of rotatable bonds is 4. The van der Waals surface area contributed by atoms with Gasteiger partial charge in [0.05, 0.1) is 12.2 Å². The summed E-state index contributed by atoms with van der Waals surface area (Å²) in [7, 11) is 0. The molecule has 0 N–H and O–H groups in total. The van der Waals surface area contributed by atoms with Crippen LogP contribution in [-0.2, 0) is 9.53 Å². The van der Waals surface area contributed by atoms with Crippen molar-refractivity contribution in [1.82, 2.24) is 9.97 Å². The van der Waals surface area contributed by atoms with Gasteiger partial charge >= 0.3 is 5.97 Å². The average Bonchev–Trinajstić information content (AvgIpc) is 2.62. The van der Waals surface area contributed by atoms with E-state index in [9.17, 15) is 9.59 Å². The SMILES string of the molecule is CCOC(=O)C1CN(C2CCCCC2)c2nc(SC)ncc2C1=O.[Na]. The fraction of sp³-hybridized carbons (Fsp3) is 0.647. The summed E-state index contributed by atoms with van der Waals surface area (Å²) in [6, 6.07) is 0.326. The first-order valence-corrected chi connectivity index (χ1v) is 9.76. The van der Waals surface area contributed by atoms with Crippen molar-refractivity contribution < 1.29 is 14.3 Å². The molecule has 1 aromatic rings. The Kier molecular flexibility index (Phi) is 7.73. The fourth-order valence-electron chi connectivity index (χ4n) is 3.54. The predicted octanol–water partition coefficient (Wildman–Crippen LogP) is 2.33. The maximum Gasteiger partial charge on any atom is 0.318 e. The van der Waals surface area contributed by atoms with Gasteiger partial charge in [0.25, 0.3) is 0 Å². The molecule has 1 saturated carbocycles. The standard InChI is InChI=1S/C17H23N3O3S.Na/c1-3-23-16(22)13-10-20(11-7-5-4-6-8-11)15-12(14(13)21)9-18-17(19-15)24-2;/h9,11,13H,3-8,10H2,1-2H3;. The van der Waals surface area contributed by atoms with Gasteiger partial charge in [-0.15, -0.1) is 0 Å². The third kappa shape index (κ3) is 4.38. The Morgan fingerprint density at radius 2 is 2.08 bits per heavy atom. The summed E-state index contributed by atoms with van der Waals surface area (Å²) >= 11 is 1.45. The van der Waals surface area contributed by atoms with Crippen LogP contribution in [0.4, 0.5) is 5.82 Å². The van der Waals surface area contributed by atoms with E-state index >= 15 is 0 Å². The van der Waals surface area contributed by atoms with Gasteiger partial charge in [-0.2, -0.15) is 0 Å². The number of carbonyl (C=O) groups excluding carboxylic acids is 2. The minimum atomic E-state index is -0.775. The number of ketones is 1. The van der Waals surface area contributed by atoms with Crippen molar-refractivity contribution in [3.05, 3.63) is 11.8 Å². The van der Waals surface area contributed by atoms with Gasteiger partial charge < -0.3 is 9.64 Å². The summed E-state index contributed by atoms with van der Waals surface area (Å²) in [4.78, 5) is 36.0.